The molecule has 0 aromatic carbocycles. The number of hydrogen-bond donors (Lipinski definition) is 1. The van der Waals surface area contributed by atoms with Crippen molar-refractivity contribution in [3.05, 3.63) is 11.7 Å². The lowest BCUT2D eigenvalue weighted by Crippen LogP contribution is -2.34. The van der Waals surface area contributed by atoms with Gasteiger partial charge >= 0.3 is 0 Å². The smallest absolute Gasteiger partial charge is 0.269 e. The fourth-order valence-corrected chi connectivity index (χ4v) is 2.06. The van der Waals surface area contributed by atoms with Gasteiger partial charge in [0.25, 0.3) is 6.08 Å². The minimum Gasteiger partial charge on any atom is -0.311 e. The van der Waals surface area contributed by atoms with E-state index < -0.39 is 6.08 Å². The molecule has 0 aromatic heterocycles. The van der Waals surface area contributed by atoms with Crippen molar-refractivity contribution in [2.45, 2.75) is 37.8 Å². The molecular weight excluding hydrogens is 184 g/mol. The summed E-state index contributed by atoms with van der Waals surface area (Å²) < 4.78 is 24.3. The molecule has 0 spiro atoms. The number of piperidine rings is 1. The Bertz CT molecular complexity index is 187. The van der Waals surface area contributed by atoms with Crippen LogP contribution in [0.1, 0.15) is 25.7 Å². The van der Waals surface area contributed by atoms with E-state index in [4.69, 9.17) is 0 Å². The first-order chi connectivity index (χ1) is 5.25. The van der Waals surface area contributed by atoms with Gasteiger partial charge in [0, 0.05) is 12.1 Å². The van der Waals surface area contributed by atoms with Gasteiger partial charge in [0.05, 0.1) is 0 Å². The van der Waals surface area contributed by atoms with Crippen molar-refractivity contribution in [1.82, 2.24) is 5.32 Å². The highest BCUT2D eigenvalue weighted by atomic mass is 35.5. The molecule has 0 radical (unpaired) electrons. The Labute approximate surface area is 76.6 Å². The van der Waals surface area contributed by atoms with Gasteiger partial charge in [-0.3, -0.25) is 0 Å². The Hall–Kier alpha value is -0.150. The topological polar surface area (TPSA) is 12.0 Å². The molecule has 12 heavy (non-hydrogen) atoms. The average Bonchev–Trinajstić information content (AvgIpc) is 2.30. The lowest BCUT2D eigenvalue weighted by molar-refractivity contribution is 0.376. The summed E-state index contributed by atoms with van der Waals surface area (Å²) in [6.07, 6.45) is 1.84. The minimum atomic E-state index is -1.44. The molecule has 2 aliphatic heterocycles. The predicted octanol–water partition coefficient (Wildman–Crippen LogP) is 2.47. The van der Waals surface area contributed by atoms with Gasteiger partial charge in [-0.15, -0.1) is 12.4 Å². The summed E-state index contributed by atoms with van der Waals surface area (Å²) in [7, 11) is 0. The summed E-state index contributed by atoms with van der Waals surface area (Å²) in [5, 5.41) is 3.31. The van der Waals surface area contributed by atoms with Gasteiger partial charge in [-0.2, -0.15) is 8.78 Å². The summed E-state index contributed by atoms with van der Waals surface area (Å²) in [5.74, 6) is 0. The van der Waals surface area contributed by atoms with Crippen molar-refractivity contribution in [2.24, 2.45) is 0 Å². The minimum absolute atomic E-state index is 0. The quantitative estimate of drug-likeness (QED) is 0.626. The van der Waals surface area contributed by atoms with Gasteiger partial charge < -0.3 is 5.32 Å². The third-order valence-corrected chi connectivity index (χ3v) is 2.59. The molecule has 0 saturated carbocycles. The van der Waals surface area contributed by atoms with E-state index in [1.54, 1.807) is 0 Å². The van der Waals surface area contributed by atoms with E-state index in [0.29, 0.717) is 30.5 Å². The van der Waals surface area contributed by atoms with E-state index in [9.17, 15) is 8.78 Å². The van der Waals surface area contributed by atoms with E-state index >= 15 is 0 Å². The molecule has 2 aliphatic rings. The third-order valence-electron chi connectivity index (χ3n) is 2.59. The molecule has 2 rings (SSSR count). The first kappa shape index (κ1) is 9.93. The SMILES string of the molecule is Cl.FC(F)=C1CC2CCC(C1)N2. The van der Waals surface area contributed by atoms with Gasteiger partial charge in [-0.25, -0.2) is 0 Å². The van der Waals surface area contributed by atoms with Crippen LogP contribution in [-0.4, -0.2) is 12.1 Å². The van der Waals surface area contributed by atoms with Gasteiger partial charge in [0.1, 0.15) is 0 Å². The first-order valence-electron chi connectivity index (χ1n) is 4.05. The molecule has 0 aromatic rings. The van der Waals surface area contributed by atoms with Crippen LogP contribution in [0.5, 0.6) is 0 Å². The van der Waals surface area contributed by atoms with Crippen LogP contribution in [0.2, 0.25) is 0 Å². The van der Waals surface area contributed by atoms with Crippen molar-refractivity contribution in [3.63, 3.8) is 0 Å². The largest absolute Gasteiger partial charge is 0.311 e. The highest BCUT2D eigenvalue weighted by Crippen LogP contribution is 2.32. The maximum absolute atomic E-state index is 12.1. The zero-order valence-corrected chi connectivity index (χ0v) is 7.46. The van der Waals surface area contributed by atoms with Crippen LogP contribution in [-0.2, 0) is 0 Å². The predicted molar refractivity (Wildman–Crippen MR) is 45.7 cm³/mol. The molecule has 0 amide bonds. The molecule has 0 aliphatic carbocycles. The molecule has 2 bridgehead atoms. The van der Waals surface area contributed by atoms with E-state index in [2.05, 4.69) is 5.32 Å². The third kappa shape index (κ3) is 1.77. The maximum Gasteiger partial charge on any atom is 0.269 e. The Kier molecular flexibility index (Phi) is 3.07. The highest BCUT2D eigenvalue weighted by Gasteiger charge is 2.31. The van der Waals surface area contributed by atoms with Gasteiger partial charge in [0.2, 0.25) is 0 Å². The average molecular weight is 196 g/mol. The van der Waals surface area contributed by atoms with Crippen LogP contribution in [0.4, 0.5) is 8.78 Å². The van der Waals surface area contributed by atoms with Crippen LogP contribution in [0.15, 0.2) is 11.7 Å². The number of hydrogen-bond acceptors (Lipinski definition) is 1. The zero-order chi connectivity index (χ0) is 7.84. The van der Waals surface area contributed by atoms with Gasteiger partial charge in [-0.05, 0) is 31.3 Å². The number of nitrogens with one attached hydrogen (secondary N) is 1. The standard InChI is InChI=1S/C8H11F2N.ClH/c9-8(10)5-3-6-1-2-7(4-5)11-6;/h6-7,11H,1-4H2;1H. The highest BCUT2D eigenvalue weighted by molar-refractivity contribution is 5.85. The lowest BCUT2D eigenvalue weighted by Gasteiger charge is -2.22. The zero-order valence-electron chi connectivity index (χ0n) is 6.65. The summed E-state index contributed by atoms with van der Waals surface area (Å²) in [6, 6.07) is 0.676. The Morgan fingerprint density at radius 3 is 2.08 bits per heavy atom. The second-order valence-electron chi connectivity index (χ2n) is 3.41. The Morgan fingerprint density at radius 1 is 1.17 bits per heavy atom. The van der Waals surface area contributed by atoms with Gasteiger partial charge in [-0.1, -0.05) is 0 Å². The van der Waals surface area contributed by atoms with Crippen molar-refractivity contribution in [3.8, 4) is 0 Å². The summed E-state index contributed by atoms with van der Waals surface area (Å²) in [6.45, 7) is 0. The maximum atomic E-state index is 12.1. The van der Waals surface area contributed by atoms with E-state index in [1.165, 1.54) is 0 Å². The summed E-state index contributed by atoms with van der Waals surface area (Å²) >= 11 is 0. The Morgan fingerprint density at radius 2 is 1.67 bits per heavy atom. The molecule has 1 nitrogen and oxygen atoms in total. The van der Waals surface area contributed by atoms with E-state index in [-0.39, 0.29) is 12.4 Å². The Balaban J connectivity index is 0.000000720. The van der Waals surface area contributed by atoms with Crippen LogP contribution >= 0.6 is 12.4 Å². The van der Waals surface area contributed by atoms with Gasteiger partial charge in [0.15, 0.2) is 0 Å². The summed E-state index contributed by atoms with van der Waals surface area (Å²) in [4.78, 5) is 0. The molecular formula is C8H12ClF2N. The van der Waals surface area contributed by atoms with Crippen molar-refractivity contribution < 1.29 is 8.78 Å². The molecule has 4 heteroatoms. The molecule has 2 atom stereocenters. The fraction of sp³-hybridized carbons (Fsp3) is 0.750. The van der Waals surface area contributed by atoms with Crippen molar-refractivity contribution in [1.29, 1.82) is 0 Å². The van der Waals surface area contributed by atoms with Crippen LogP contribution in [0.3, 0.4) is 0 Å². The van der Waals surface area contributed by atoms with Crippen molar-refractivity contribution >= 4 is 12.4 Å². The summed E-state index contributed by atoms with van der Waals surface area (Å²) in [5.41, 5.74) is 0.385. The second kappa shape index (κ2) is 3.71. The van der Waals surface area contributed by atoms with Crippen LogP contribution in [0, 0.1) is 0 Å². The monoisotopic (exact) mass is 195 g/mol. The number of halogens is 3. The lowest BCUT2D eigenvalue weighted by atomic mass is 10.0. The van der Waals surface area contributed by atoms with Crippen molar-refractivity contribution in [2.75, 3.05) is 0 Å². The second-order valence-corrected chi connectivity index (χ2v) is 3.41. The number of fused-ring (bicyclic) bond motifs is 2. The van der Waals surface area contributed by atoms with Crippen LogP contribution < -0.4 is 5.32 Å². The molecule has 1 N–H and O–H groups in total. The first-order valence-corrected chi connectivity index (χ1v) is 4.05. The molecule has 2 saturated heterocycles. The molecule has 2 fully saturated rings. The number of rotatable bonds is 0. The molecule has 70 valence electrons. The molecule has 2 unspecified atom stereocenters. The van der Waals surface area contributed by atoms with Crippen LogP contribution in [0.25, 0.3) is 0 Å². The van der Waals surface area contributed by atoms with E-state index in [0.717, 1.165) is 12.8 Å². The molecule has 2 heterocycles. The normalized spacial score (nSPS) is 33.0. The van der Waals surface area contributed by atoms with E-state index in [1.807, 2.05) is 0 Å². The fourth-order valence-electron chi connectivity index (χ4n) is 2.06.